The van der Waals surface area contributed by atoms with Gasteiger partial charge in [0, 0.05) is 29.2 Å². The Morgan fingerprint density at radius 3 is 2.50 bits per heavy atom. The summed E-state index contributed by atoms with van der Waals surface area (Å²) in [6, 6.07) is 8.82. The molecule has 0 bridgehead atoms. The van der Waals surface area contributed by atoms with E-state index >= 15 is 0 Å². The molecule has 0 amide bonds. The minimum Gasteiger partial charge on any atom is -0.482 e. The van der Waals surface area contributed by atoms with E-state index in [4.69, 9.17) is 37.8 Å². The average Bonchev–Trinajstić information content (AvgIpc) is 3.32. The minimum absolute atomic E-state index is 0.248. The first-order valence-electron chi connectivity index (χ1n) is 9.14. The number of benzene rings is 2. The first-order valence-corrected chi connectivity index (χ1v) is 9.89. The maximum atomic E-state index is 10.6. The van der Waals surface area contributed by atoms with Crippen LogP contribution in [0.3, 0.4) is 0 Å². The van der Waals surface area contributed by atoms with Crippen LogP contribution in [-0.4, -0.2) is 22.7 Å². The minimum atomic E-state index is -1.08. The van der Waals surface area contributed by atoms with Crippen LogP contribution in [0.1, 0.15) is 37.2 Å². The van der Waals surface area contributed by atoms with Gasteiger partial charge in [-0.05, 0) is 42.5 Å². The van der Waals surface area contributed by atoms with Crippen LogP contribution >= 0.6 is 23.2 Å². The largest absolute Gasteiger partial charge is 0.482 e. The highest BCUT2D eigenvalue weighted by Gasteiger charge is 2.21. The Balaban J connectivity index is 1.60. The molecular weight excluding hydrogens is 401 g/mol. The number of aromatic amines is 1. The molecule has 5 nitrogen and oxygen atoms in total. The monoisotopic (exact) mass is 419 g/mol. The van der Waals surface area contributed by atoms with Gasteiger partial charge in [-0.1, -0.05) is 36.0 Å². The number of aromatic nitrogens is 1. The molecule has 3 aromatic rings. The van der Waals surface area contributed by atoms with Crippen molar-refractivity contribution in [3.8, 4) is 17.2 Å². The number of halogens is 2. The predicted molar refractivity (Wildman–Crippen MR) is 109 cm³/mol. The Labute approximate surface area is 172 Å². The molecule has 7 heteroatoms. The third kappa shape index (κ3) is 3.91. The molecular formula is C21H19Cl2NO4. The third-order valence-electron chi connectivity index (χ3n) is 5.03. The second kappa shape index (κ2) is 7.94. The van der Waals surface area contributed by atoms with Crippen molar-refractivity contribution in [2.24, 2.45) is 0 Å². The zero-order valence-corrected chi connectivity index (χ0v) is 16.5. The van der Waals surface area contributed by atoms with Gasteiger partial charge in [0.2, 0.25) is 0 Å². The van der Waals surface area contributed by atoms with Gasteiger partial charge >= 0.3 is 5.97 Å². The summed E-state index contributed by atoms with van der Waals surface area (Å²) in [6.07, 6.45) is 7.07. The number of H-pyrrole nitrogens is 1. The molecule has 146 valence electrons. The van der Waals surface area contributed by atoms with Crippen molar-refractivity contribution >= 4 is 40.1 Å². The average molecular weight is 420 g/mol. The summed E-state index contributed by atoms with van der Waals surface area (Å²) >= 11 is 12.6. The third-order valence-corrected chi connectivity index (χ3v) is 5.60. The molecule has 2 aromatic carbocycles. The van der Waals surface area contributed by atoms with E-state index in [1.165, 1.54) is 43.4 Å². The number of carboxylic acid groups (broad SMARTS) is 1. The van der Waals surface area contributed by atoms with Crippen molar-refractivity contribution in [1.82, 2.24) is 4.98 Å². The normalized spacial score (nSPS) is 14.5. The number of hydrogen-bond acceptors (Lipinski definition) is 3. The molecule has 1 aromatic heterocycles. The van der Waals surface area contributed by atoms with Crippen LogP contribution in [0.4, 0.5) is 0 Å². The van der Waals surface area contributed by atoms with Crippen molar-refractivity contribution in [1.29, 1.82) is 0 Å². The van der Waals surface area contributed by atoms with Gasteiger partial charge in [-0.15, -0.1) is 0 Å². The predicted octanol–water partition coefficient (Wildman–Crippen LogP) is 6.39. The fraction of sp³-hybridized carbons (Fsp3) is 0.286. The van der Waals surface area contributed by atoms with Crippen LogP contribution in [0.2, 0.25) is 10.0 Å². The number of aliphatic carboxylic acids is 1. The standard InChI is InChI=1S/C21H19Cl2NO4/c22-17-8-14(27-11-20(25)26)9-18(23)21(17)28-13-5-6-19-15(7-13)16(10-24-19)12-3-1-2-4-12/h5-10,12,24H,1-4,11H2,(H,25,26). The molecule has 0 unspecified atom stereocenters. The molecule has 0 spiro atoms. The van der Waals surface area contributed by atoms with E-state index in [1.54, 1.807) is 0 Å². The molecule has 1 aliphatic rings. The highest BCUT2D eigenvalue weighted by Crippen LogP contribution is 2.42. The first kappa shape index (κ1) is 19.0. The van der Waals surface area contributed by atoms with Crippen LogP contribution in [0.15, 0.2) is 36.5 Å². The highest BCUT2D eigenvalue weighted by molar-refractivity contribution is 6.37. The van der Waals surface area contributed by atoms with Crippen LogP contribution in [-0.2, 0) is 4.79 Å². The maximum Gasteiger partial charge on any atom is 0.341 e. The molecule has 2 N–H and O–H groups in total. The van der Waals surface area contributed by atoms with E-state index in [0.717, 1.165) is 10.9 Å². The van der Waals surface area contributed by atoms with Crippen LogP contribution in [0, 0.1) is 0 Å². The summed E-state index contributed by atoms with van der Waals surface area (Å²) in [5.41, 5.74) is 2.40. The quantitative estimate of drug-likeness (QED) is 0.485. The number of carbonyl (C=O) groups is 1. The van der Waals surface area contributed by atoms with E-state index in [2.05, 4.69) is 11.2 Å². The van der Waals surface area contributed by atoms with Gasteiger partial charge in [-0.3, -0.25) is 0 Å². The topological polar surface area (TPSA) is 71.6 Å². The van der Waals surface area contributed by atoms with Crippen molar-refractivity contribution < 1.29 is 19.4 Å². The SMILES string of the molecule is O=C(O)COc1cc(Cl)c(Oc2ccc3[nH]cc(C4CCCC4)c3c2)c(Cl)c1. The Bertz CT molecular complexity index is 1000. The number of hydrogen-bond donors (Lipinski definition) is 2. The lowest BCUT2D eigenvalue weighted by Crippen LogP contribution is -2.09. The summed E-state index contributed by atoms with van der Waals surface area (Å²) < 4.78 is 11.1. The van der Waals surface area contributed by atoms with Gasteiger partial charge in [0.05, 0.1) is 10.0 Å². The van der Waals surface area contributed by atoms with Crippen molar-refractivity contribution in [3.63, 3.8) is 0 Å². The highest BCUT2D eigenvalue weighted by atomic mass is 35.5. The van der Waals surface area contributed by atoms with Gasteiger partial charge in [-0.25, -0.2) is 4.79 Å². The fourth-order valence-corrected chi connectivity index (χ4v) is 4.28. The van der Waals surface area contributed by atoms with Gasteiger partial charge in [0.25, 0.3) is 0 Å². The van der Waals surface area contributed by atoms with Gasteiger partial charge in [-0.2, -0.15) is 0 Å². The lowest BCUT2D eigenvalue weighted by Gasteiger charge is -2.13. The Morgan fingerprint density at radius 1 is 1.11 bits per heavy atom. The van der Waals surface area contributed by atoms with Crippen LogP contribution < -0.4 is 9.47 Å². The zero-order chi connectivity index (χ0) is 19.7. The Kier molecular flexibility index (Phi) is 5.38. The van der Waals surface area contributed by atoms with Crippen molar-refractivity contribution in [3.05, 3.63) is 52.1 Å². The smallest absolute Gasteiger partial charge is 0.341 e. The molecule has 0 atom stereocenters. The van der Waals surface area contributed by atoms with E-state index in [9.17, 15) is 4.79 Å². The Hall–Kier alpha value is -2.37. The van der Waals surface area contributed by atoms with Crippen LogP contribution in [0.25, 0.3) is 10.9 Å². The number of rotatable bonds is 6. The summed E-state index contributed by atoms with van der Waals surface area (Å²) in [5.74, 6) is 0.722. The van der Waals surface area contributed by atoms with Gasteiger partial charge < -0.3 is 19.6 Å². The molecule has 1 heterocycles. The second-order valence-electron chi connectivity index (χ2n) is 6.93. The van der Waals surface area contributed by atoms with Crippen molar-refractivity contribution in [2.75, 3.05) is 6.61 Å². The zero-order valence-electron chi connectivity index (χ0n) is 15.0. The lowest BCUT2D eigenvalue weighted by atomic mass is 9.97. The number of carboxylic acids is 1. The fourth-order valence-electron chi connectivity index (χ4n) is 3.74. The molecule has 0 aliphatic heterocycles. The van der Waals surface area contributed by atoms with Gasteiger partial charge in [0.15, 0.2) is 12.4 Å². The van der Waals surface area contributed by atoms with E-state index in [1.807, 2.05) is 18.2 Å². The van der Waals surface area contributed by atoms with E-state index in [0.29, 0.717) is 17.4 Å². The summed E-state index contributed by atoms with van der Waals surface area (Å²) in [4.78, 5) is 14.0. The maximum absolute atomic E-state index is 10.6. The van der Waals surface area contributed by atoms with E-state index < -0.39 is 12.6 Å². The molecule has 4 rings (SSSR count). The molecule has 1 saturated carbocycles. The van der Waals surface area contributed by atoms with Crippen LogP contribution in [0.5, 0.6) is 17.2 Å². The molecule has 0 radical (unpaired) electrons. The molecule has 1 aliphatic carbocycles. The molecule has 0 saturated heterocycles. The lowest BCUT2D eigenvalue weighted by molar-refractivity contribution is -0.139. The number of ether oxygens (including phenoxy) is 2. The molecule has 1 fully saturated rings. The summed E-state index contributed by atoms with van der Waals surface area (Å²) in [5, 5.41) is 10.4. The number of fused-ring (bicyclic) bond motifs is 1. The summed E-state index contributed by atoms with van der Waals surface area (Å²) in [6.45, 7) is -0.471. The van der Waals surface area contributed by atoms with E-state index in [-0.39, 0.29) is 15.8 Å². The second-order valence-corrected chi connectivity index (χ2v) is 7.75. The van der Waals surface area contributed by atoms with Gasteiger partial charge in [0.1, 0.15) is 11.5 Å². The number of nitrogens with one attached hydrogen (secondary N) is 1. The summed E-state index contributed by atoms with van der Waals surface area (Å²) in [7, 11) is 0. The Morgan fingerprint density at radius 2 is 1.82 bits per heavy atom. The van der Waals surface area contributed by atoms with Crippen molar-refractivity contribution in [2.45, 2.75) is 31.6 Å². The molecule has 28 heavy (non-hydrogen) atoms. The first-order chi connectivity index (χ1) is 13.5.